The van der Waals surface area contributed by atoms with Crippen LogP contribution < -0.4 is 0 Å². The van der Waals surface area contributed by atoms with Gasteiger partial charge in [0, 0.05) is 6.20 Å². The van der Waals surface area contributed by atoms with Crippen molar-refractivity contribution < 1.29 is 9.53 Å². The van der Waals surface area contributed by atoms with Gasteiger partial charge in [0.25, 0.3) is 0 Å². The highest BCUT2D eigenvalue weighted by atomic mass is 16.5. The summed E-state index contributed by atoms with van der Waals surface area (Å²) in [5, 5.41) is 7.38. The predicted molar refractivity (Wildman–Crippen MR) is 45.6 cm³/mol. The Labute approximate surface area is 79.3 Å². The predicted octanol–water partition coefficient (Wildman–Crippen LogP) is 0.158. The van der Waals surface area contributed by atoms with Crippen molar-refractivity contribution in [3.63, 3.8) is 0 Å². The third-order valence-electron chi connectivity index (χ3n) is 1.64. The van der Waals surface area contributed by atoms with E-state index < -0.39 is 5.97 Å². The fraction of sp³-hybridized carbons (Fsp3) is 0.125. The number of nitrogens with zero attached hydrogens (tertiary/aromatic N) is 4. The number of rotatable bonds is 1. The molecule has 0 saturated carbocycles. The number of carbonyl (C=O) groups excluding carboxylic acids is 1. The third-order valence-corrected chi connectivity index (χ3v) is 1.64. The average Bonchev–Trinajstić information content (AvgIpc) is 2.54. The lowest BCUT2D eigenvalue weighted by Crippen LogP contribution is -2.03. The quantitative estimate of drug-likeness (QED) is 0.596. The standard InChI is InChI=1S/C8H6N4O2/c1-14-8(13)6-4-9-2-5-3-10-12-7(5)11-6/h2-4H,1H3. The lowest BCUT2D eigenvalue weighted by atomic mass is 10.3. The number of hydrogen-bond donors (Lipinski definition) is 0. The number of esters is 1. The highest BCUT2D eigenvalue weighted by molar-refractivity contribution is 5.87. The van der Waals surface area contributed by atoms with Crippen LogP contribution in [0.3, 0.4) is 0 Å². The molecule has 2 rings (SSSR count). The monoisotopic (exact) mass is 190 g/mol. The summed E-state index contributed by atoms with van der Waals surface area (Å²) in [6, 6.07) is 0. The van der Waals surface area contributed by atoms with E-state index in [4.69, 9.17) is 0 Å². The molecule has 0 fully saturated rings. The molecule has 14 heavy (non-hydrogen) atoms. The van der Waals surface area contributed by atoms with Gasteiger partial charge in [-0.05, 0) is 0 Å². The first-order valence-electron chi connectivity index (χ1n) is 3.83. The van der Waals surface area contributed by atoms with Gasteiger partial charge in [-0.25, -0.2) is 9.78 Å². The van der Waals surface area contributed by atoms with Gasteiger partial charge >= 0.3 is 5.97 Å². The number of methoxy groups -OCH3 is 1. The number of ether oxygens (including phenoxy) is 1. The van der Waals surface area contributed by atoms with Crippen molar-refractivity contribution in [2.45, 2.75) is 0 Å². The maximum absolute atomic E-state index is 11.1. The van der Waals surface area contributed by atoms with E-state index in [1.54, 1.807) is 0 Å². The molecule has 2 heterocycles. The van der Waals surface area contributed by atoms with Gasteiger partial charge in [0.15, 0.2) is 11.5 Å². The van der Waals surface area contributed by atoms with Crippen LogP contribution in [-0.4, -0.2) is 33.2 Å². The van der Waals surface area contributed by atoms with E-state index in [1.165, 1.54) is 25.7 Å². The second-order valence-electron chi connectivity index (χ2n) is 2.52. The summed E-state index contributed by atoms with van der Waals surface area (Å²) >= 11 is 0. The van der Waals surface area contributed by atoms with E-state index in [-0.39, 0.29) is 5.69 Å². The zero-order valence-corrected chi connectivity index (χ0v) is 7.34. The topological polar surface area (TPSA) is 77.9 Å². The van der Waals surface area contributed by atoms with Crippen molar-refractivity contribution in [2.24, 2.45) is 0 Å². The maximum Gasteiger partial charge on any atom is 0.358 e. The molecule has 6 heteroatoms. The maximum atomic E-state index is 11.1. The zero-order valence-electron chi connectivity index (χ0n) is 7.34. The Morgan fingerprint density at radius 1 is 1.36 bits per heavy atom. The largest absolute Gasteiger partial charge is 0.464 e. The van der Waals surface area contributed by atoms with Crippen molar-refractivity contribution in [3.8, 4) is 11.4 Å². The lowest BCUT2D eigenvalue weighted by molar-refractivity contribution is 0.0594. The van der Waals surface area contributed by atoms with E-state index in [0.717, 1.165) is 0 Å². The van der Waals surface area contributed by atoms with Gasteiger partial charge in [0.1, 0.15) is 0 Å². The van der Waals surface area contributed by atoms with Crippen LogP contribution in [0.5, 0.6) is 0 Å². The zero-order chi connectivity index (χ0) is 9.97. The van der Waals surface area contributed by atoms with E-state index >= 15 is 0 Å². The molecular formula is C8H6N4O2. The molecule has 70 valence electrons. The summed E-state index contributed by atoms with van der Waals surface area (Å²) in [5.74, 6) is -0.166. The van der Waals surface area contributed by atoms with Crippen LogP contribution in [0.25, 0.3) is 11.4 Å². The molecule has 0 unspecified atom stereocenters. The number of carbonyl (C=O) groups is 1. The van der Waals surface area contributed by atoms with Crippen molar-refractivity contribution in [1.82, 2.24) is 20.2 Å². The molecule has 0 aromatic heterocycles. The molecule has 0 aromatic carbocycles. The number of hydrogen-bond acceptors (Lipinski definition) is 6. The Morgan fingerprint density at radius 2 is 2.21 bits per heavy atom. The van der Waals surface area contributed by atoms with Crippen LogP contribution in [0.4, 0.5) is 0 Å². The highest BCUT2D eigenvalue weighted by Crippen LogP contribution is 2.12. The molecule has 0 spiro atoms. The van der Waals surface area contributed by atoms with Gasteiger partial charge in [0.05, 0.1) is 25.1 Å². The lowest BCUT2D eigenvalue weighted by Gasteiger charge is -1.92. The third kappa shape index (κ3) is 1.37. The molecule has 0 N–H and O–H groups in total. The molecule has 0 radical (unpaired) electrons. The molecule has 2 aliphatic heterocycles. The Bertz CT molecular complexity index is 445. The smallest absolute Gasteiger partial charge is 0.358 e. The fourth-order valence-electron chi connectivity index (χ4n) is 0.973. The second kappa shape index (κ2) is 3.33. The van der Waals surface area contributed by atoms with E-state index in [9.17, 15) is 4.79 Å². The summed E-state index contributed by atoms with van der Waals surface area (Å²) in [5.41, 5.74) is 0.795. The van der Waals surface area contributed by atoms with Gasteiger partial charge in [-0.15, -0.1) is 5.10 Å². The minimum Gasteiger partial charge on any atom is -0.464 e. The Hall–Kier alpha value is -2.11. The number of aromatic nitrogens is 4. The minimum atomic E-state index is -0.544. The highest BCUT2D eigenvalue weighted by Gasteiger charge is 2.11. The molecule has 0 bridgehead atoms. The molecule has 0 aliphatic carbocycles. The molecule has 2 aliphatic rings. The molecule has 0 amide bonds. The SMILES string of the molecule is COC(=O)c1cncc2cnnc-2n1. The number of fused-ring (bicyclic) bond motifs is 1. The fourth-order valence-corrected chi connectivity index (χ4v) is 0.973. The van der Waals surface area contributed by atoms with Crippen LogP contribution in [0.1, 0.15) is 10.5 Å². The van der Waals surface area contributed by atoms with E-state index in [0.29, 0.717) is 11.4 Å². The van der Waals surface area contributed by atoms with E-state index in [2.05, 4.69) is 24.9 Å². The van der Waals surface area contributed by atoms with Gasteiger partial charge in [0.2, 0.25) is 0 Å². The Kier molecular flexibility index (Phi) is 2.02. The molecule has 0 atom stereocenters. The first-order chi connectivity index (χ1) is 6.81. The summed E-state index contributed by atoms with van der Waals surface area (Å²) in [6.45, 7) is 0. The molecular weight excluding hydrogens is 184 g/mol. The average molecular weight is 190 g/mol. The normalized spacial score (nSPS) is 10.1. The van der Waals surface area contributed by atoms with Gasteiger partial charge < -0.3 is 4.74 Å². The Morgan fingerprint density at radius 3 is 3.00 bits per heavy atom. The second-order valence-corrected chi connectivity index (χ2v) is 2.52. The molecule has 0 saturated heterocycles. The van der Waals surface area contributed by atoms with Crippen molar-refractivity contribution >= 4 is 5.97 Å². The first-order valence-corrected chi connectivity index (χ1v) is 3.83. The minimum absolute atomic E-state index is 0.114. The molecule has 0 aromatic rings. The Balaban J connectivity index is 2.54. The van der Waals surface area contributed by atoms with Gasteiger partial charge in [-0.2, -0.15) is 5.10 Å². The van der Waals surface area contributed by atoms with Crippen molar-refractivity contribution in [3.05, 3.63) is 24.3 Å². The van der Waals surface area contributed by atoms with E-state index in [1.807, 2.05) is 0 Å². The van der Waals surface area contributed by atoms with Crippen LogP contribution >= 0.6 is 0 Å². The first kappa shape index (κ1) is 8.49. The van der Waals surface area contributed by atoms with Gasteiger partial charge in [-0.3, -0.25) is 4.98 Å². The summed E-state index contributed by atoms with van der Waals surface area (Å²) in [6.07, 6.45) is 4.39. The summed E-state index contributed by atoms with van der Waals surface area (Å²) in [4.78, 5) is 19.0. The van der Waals surface area contributed by atoms with Crippen molar-refractivity contribution in [2.75, 3.05) is 7.11 Å². The van der Waals surface area contributed by atoms with Crippen LogP contribution in [0.2, 0.25) is 0 Å². The van der Waals surface area contributed by atoms with Gasteiger partial charge in [-0.1, -0.05) is 0 Å². The van der Waals surface area contributed by atoms with Crippen LogP contribution in [-0.2, 0) is 4.74 Å². The van der Waals surface area contributed by atoms with Crippen LogP contribution in [0, 0.1) is 0 Å². The van der Waals surface area contributed by atoms with Crippen LogP contribution in [0.15, 0.2) is 18.6 Å². The summed E-state index contributed by atoms with van der Waals surface area (Å²) < 4.78 is 4.51. The molecule has 6 nitrogen and oxygen atoms in total. The van der Waals surface area contributed by atoms with Crippen molar-refractivity contribution in [1.29, 1.82) is 0 Å². The summed E-state index contributed by atoms with van der Waals surface area (Å²) in [7, 11) is 1.28.